The van der Waals surface area contributed by atoms with Crippen LogP contribution < -0.4 is 9.80 Å². The molecule has 0 aromatic rings. The summed E-state index contributed by atoms with van der Waals surface area (Å²) in [5, 5.41) is 39.5. The van der Waals surface area contributed by atoms with Crippen LogP contribution in [0.5, 0.6) is 0 Å². The Morgan fingerprint density at radius 3 is 2.25 bits per heavy atom. The SMILES string of the molecule is CCCCC12C[NH+]3CC(C)(C[NH+](C1)C3[C@H](O)[C@H](O)[C@H](O)CO)C2=O. The van der Waals surface area contributed by atoms with Crippen molar-refractivity contribution in [2.45, 2.75) is 57.6 Å². The first-order chi connectivity index (χ1) is 11.3. The Morgan fingerprint density at radius 2 is 1.75 bits per heavy atom. The molecule has 4 saturated heterocycles. The van der Waals surface area contributed by atoms with Crippen molar-refractivity contribution in [1.29, 1.82) is 0 Å². The molecule has 0 saturated carbocycles. The van der Waals surface area contributed by atoms with E-state index in [1.165, 1.54) is 0 Å². The summed E-state index contributed by atoms with van der Waals surface area (Å²) in [5.41, 5.74) is -0.658. The van der Waals surface area contributed by atoms with Gasteiger partial charge in [-0.15, -0.1) is 0 Å². The van der Waals surface area contributed by atoms with Gasteiger partial charge in [0.1, 0.15) is 36.1 Å². The van der Waals surface area contributed by atoms with E-state index in [4.69, 9.17) is 5.11 Å². The molecule has 5 atom stereocenters. The van der Waals surface area contributed by atoms with E-state index in [0.29, 0.717) is 32.0 Å². The van der Waals surface area contributed by atoms with Gasteiger partial charge in [-0.3, -0.25) is 14.6 Å². The largest absolute Gasteiger partial charge is 0.394 e. The molecule has 0 spiro atoms. The molecule has 0 aromatic heterocycles. The number of Topliss-reactive ketones (excluding diaryl/α,β-unsaturated/α-hetero) is 1. The van der Waals surface area contributed by atoms with Gasteiger partial charge in [0.05, 0.1) is 19.7 Å². The van der Waals surface area contributed by atoms with Crippen molar-refractivity contribution in [3.8, 4) is 0 Å². The summed E-state index contributed by atoms with van der Waals surface area (Å²) >= 11 is 0. The molecule has 24 heavy (non-hydrogen) atoms. The van der Waals surface area contributed by atoms with Crippen molar-refractivity contribution < 1.29 is 35.0 Å². The summed E-state index contributed by atoms with van der Waals surface area (Å²) in [7, 11) is 0. The maximum Gasteiger partial charge on any atom is 0.242 e. The van der Waals surface area contributed by atoms with Crippen molar-refractivity contribution in [1.82, 2.24) is 0 Å². The third-order valence-electron chi connectivity index (χ3n) is 6.56. The van der Waals surface area contributed by atoms with E-state index in [0.717, 1.165) is 29.1 Å². The van der Waals surface area contributed by atoms with Crippen LogP contribution in [0.25, 0.3) is 0 Å². The van der Waals surface area contributed by atoms with E-state index in [1.54, 1.807) is 0 Å². The second-order valence-electron chi connectivity index (χ2n) is 8.51. The average molecular weight is 344 g/mol. The zero-order chi connectivity index (χ0) is 17.7. The van der Waals surface area contributed by atoms with Crippen LogP contribution in [0.3, 0.4) is 0 Å². The van der Waals surface area contributed by atoms with Gasteiger partial charge in [-0.1, -0.05) is 19.8 Å². The highest BCUT2D eigenvalue weighted by molar-refractivity contribution is 5.91. The Morgan fingerprint density at radius 1 is 1.17 bits per heavy atom. The minimum Gasteiger partial charge on any atom is -0.394 e. The third kappa shape index (κ3) is 2.62. The summed E-state index contributed by atoms with van der Waals surface area (Å²) < 4.78 is 0. The van der Waals surface area contributed by atoms with Crippen LogP contribution in [-0.2, 0) is 4.79 Å². The Labute approximate surface area is 142 Å². The molecular formula is C17H32N2O5+2. The fourth-order valence-corrected chi connectivity index (χ4v) is 5.63. The highest BCUT2D eigenvalue weighted by Crippen LogP contribution is 2.38. The number of rotatable bonds is 7. The van der Waals surface area contributed by atoms with Gasteiger partial charge < -0.3 is 20.4 Å². The van der Waals surface area contributed by atoms with Gasteiger partial charge in [-0.2, -0.15) is 0 Å². The fourth-order valence-electron chi connectivity index (χ4n) is 5.63. The summed E-state index contributed by atoms with van der Waals surface area (Å²) in [5.74, 6) is 0.389. The fraction of sp³-hybridized carbons (Fsp3) is 0.941. The second kappa shape index (κ2) is 6.30. The highest BCUT2D eigenvalue weighted by atomic mass is 16.4. The molecule has 0 aromatic carbocycles. The molecule has 4 fully saturated rings. The van der Waals surface area contributed by atoms with Gasteiger partial charge in [0, 0.05) is 0 Å². The topological polar surface area (TPSA) is 107 Å². The summed E-state index contributed by atoms with van der Waals surface area (Å²) in [6, 6.07) is 0. The minimum atomic E-state index is -1.37. The van der Waals surface area contributed by atoms with Crippen molar-refractivity contribution >= 4 is 5.78 Å². The molecule has 0 amide bonds. The standard InChI is InChI=1S/C17H30N2O5/c1-3-4-5-17-9-18-7-16(2,15(17)24)8-19(10-17)14(18)13(23)12(22)11(21)6-20/h11-14,20-23H,3-10H2,1-2H3/p+2/t11-,12-,13-,14?,16?,17?/m1/s1. The molecule has 4 aliphatic rings. The van der Waals surface area contributed by atoms with Gasteiger partial charge in [0.2, 0.25) is 6.17 Å². The Balaban J connectivity index is 1.84. The predicted octanol–water partition coefficient (Wildman–Crippen LogP) is -4.05. The molecule has 7 heteroatoms. The zero-order valence-corrected chi connectivity index (χ0v) is 14.7. The first kappa shape index (κ1) is 18.2. The van der Waals surface area contributed by atoms with E-state index in [1.807, 2.05) is 6.92 Å². The van der Waals surface area contributed by atoms with Gasteiger partial charge in [-0.25, -0.2) is 0 Å². The quantitative estimate of drug-likeness (QED) is 0.282. The molecule has 4 aliphatic heterocycles. The van der Waals surface area contributed by atoms with E-state index in [2.05, 4.69) is 6.92 Å². The number of quaternary nitrogens is 2. The number of hydrogen-bond acceptors (Lipinski definition) is 5. The van der Waals surface area contributed by atoms with Crippen LogP contribution in [0.15, 0.2) is 0 Å². The minimum absolute atomic E-state index is 0.253. The van der Waals surface area contributed by atoms with Gasteiger partial charge in [0.25, 0.3) is 0 Å². The molecule has 4 heterocycles. The molecular weight excluding hydrogens is 312 g/mol. The lowest BCUT2D eigenvalue weighted by atomic mass is 9.59. The van der Waals surface area contributed by atoms with Gasteiger partial charge in [-0.05, 0) is 13.3 Å². The molecule has 4 bridgehead atoms. The first-order valence-corrected chi connectivity index (χ1v) is 9.17. The maximum absolute atomic E-state index is 13.1. The number of piperidine rings is 2. The molecule has 2 unspecified atom stereocenters. The van der Waals surface area contributed by atoms with Crippen LogP contribution in [0.1, 0.15) is 33.1 Å². The molecule has 0 radical (unpaired) electrons. The number of hydrogen-bond donors (Lipinski definition) is 6. The van der Waals surface area contributed by atoms with Crippen LogP contribution in [0.4, 0.5) is 0 Å². The van der Waals surface area contributed by atoms with Crippen LogP contribution in [-0.4, -0.2) is 83.5 Å². The smallest absolute Gasteiger partial charge is 0.242 e. The molecule has 4 rings (SSSR count). The summed E-state index contributed by atoms with van der Waals surface area (Å²) in [6.07, 6.45) is -1.09. The number of unbranched alkanes of at least 4 members (excludes halogenated alkanes) is 1. The number of carbonyl (C=O) groups is 1. The molecule has 7 nitrogen and oxygen atoms in total. The second-order valence-corrected chi connectivity index (χ2v) is 8.51. The lowest BCUT2D eigenvalue weighted by Gasteiger charge is -2.60. The Hall–Kier alpha value is -0.570. The van der Waals surface area contributed by atoms with Crippen LogP contribution in [0.2, 0.25) is 0 Å². The molecule has 0 aliphatic carbocycles. The monoisotopic (exact) mass is 344 g/mol. The van der Waals surface area contributed by atoms with Gasteiger partial charge in [0.15, 0.2) is 11.9 Å². The number of nitrogens with one attached hydrogen (secondary N) is 2. The van der Waals surface area contributed by atoms with Crippen LogP contribution in [0, 0.1) is 10.8 Å². The lowest BCUT2D eigenvalue weighted by Crippen LogP contribution is -3.46. The summed E-state index contributed by atoms with van der Waals surface area (Å²) in [6.45, 7) is 6.34. The van der Waals surface area contributed by atoms with Crippen molar-refractivity contribution in [3.05, 3.63) is 0 Å². The Bertz CT molecular complexity index is 483. The predicted molar refractivity (Wildman–Crippen MR) is 85.4 cm³/mol. The third-order valence-corrected chi connectivity index (χ3v) is 6.56. The maximum atomic E-state index is 13.1. The number of aliphatic hydroxyl groups is 4. The van der Waals surface area contributed by atoms with E-state index >= 15 is 0 Å². The lowest BCUT2D eigenvalue weighted by molar-refractivity contribution is -1.17. The van der Waals surface area contributed by atoms with Crippen LogP contribution >= 0.6 is 0 Å². The first-order valence-electron chi connectivity index (χ1n) is 9.17. The summed E-state index contributed by atoms with van der Waals surface area (Å²) in [4.78, 5) is 15.4. The normalized spacial score (nSPS) is 44.6. The average Bonchev–Trinajstić information content (AvgIpc) is 2.55. The van der Waals surface area contributed by atoms with Crippen molar-refractivity contribution in [2.24, 2.45) is 10.8 Å². The highest BCUT2D eigenvalue weighted by Gasteiger charge is 2.70. The van der Waals surface area contributed by atoms with Gasteiger partial charge >= 0.3 is 0 Å². The molecule has 6 N–H and O–H groups in total. The van der Waals surface area contributed by atoms with E-state index in [9.17, 15) is 20.1 Å². The molecule has 138 valence electrons. The van der Waals surface area contributed by atoms with E-state index in [-0.39, 0.29) is 17.0 Å². The van der Waals surface area contributed by atoms with Crippen molar-refractivity contribution in [2.75, 3.05) is 32.8 Å². The zero-order valence-electron chi connectivity index (χ0n) is 14.7. The number of carbonyl (C=O) groups excluding carboxylic acids is 1. The van der Waals surface area contributed by atoms with Crippen molar-refractivity contribution in [3.63, 3.8) is 0 Å². The number of aliphatic hydroxyl groups excluding tert-OH is 4. The Kier molecular flexibility index (Phi) is 4.79. The van der Waals surface area contributed by atoms with E-state index < -0.39 is 24.9 Å². The number of ketones is 1.